The fourth-order valence-electron chi connectivity index (χ4n) is 4.00. The number of carbonyl (C=O) groups excluding carboxylic acids is 1. The van der Waals surface area contributed by atoms with Crippen molar-refractivity contribution in [3.8, 4) is 5.75 Å². The molecule has 0 aliphatic carbocycles. The fraction of sp³-hybridized carbons (Fsp3) is 0.350. The highest BCUT2D eigenvalue weighted by Gasteiger charge is 2.36. The number of benzene rings is 2. The number of methoxy groups -OCH3 is 1. The Hall–Kier alpha value is -2.38. The van der Waals surface area contributed by atoms with Gasteiger partial charge in [0.15, 0.2) is 0 Å². The number of sulfonamides is 1. The van der Waals surface area contributed by atoms with E-state index in [1.807, 2.05) is 24.3 Å². The summed E-state index contributed by atoms with van der Waals surface area (Å²) >= 11 is 0. The van der Waals surface area contributed by atoms with E-state index in [0.29, 0.717) is 24.4 Å². The van der Waals surface area contributed by atoms with Gasteiger partial charge in [-0.05, 0) is 60.7 Å². The molecule has 4 rings (SSSR count). The van der Waals surface area contributed by atoms with Crippen LogP contribution in [-0.4, -0.2) is 39.3 Å². The Morgan fingerprint density at radius 3 is 2.59 bits per heavy atom. The van der Waals surface area contributed by atoms with Gasteiger partial charge in [0.05, 0.1) is 18.0 Å². The minimum absolute atomic E-state index is 0.166. The first kappa shape index (κ1) is 18.0. The second-order valence-corrected chi connectivity index (χ2v) is 8.78. The standard InChI is InChI=1S/C20H22N2O4S/c1-26-17-6-4-15(5-7-17)20-3-2-11-22(20)27(24,25)18-8-9-19-16(13-18)10-12-21(19)14-23/h4-9,13-14,20H,2-3,10-12H2,1H3/t20-/m1/s1. The summed E-state index contributed by atoms with van der Waals surface area (Å²) in [4.78, 5) is 13.0. The zero-order chi connectivity index (χ0) is 19.0. The van der Waals surface area contributed by atoms with Crippen molar-refractivity contribution in [2.24, 2.45) is 0 Å². The van der Waals surface area contributed by atoms with Crippen LogP contribution in [-0.2, 0) is 21.2 Å². The van der Waals surface area contributed by atoms with Crippen LogP contribution in [0.25, 0.3) is 0 Å². The minimum atomic E-state index is -3.60. The number of amides is 1. The number of ether oxygens (including phenoxy) is 1. The highest BCUT2D eigenvalue weighted by atomic mass is 32.2. The van der Waals surface area contributed by atoms with E-state index in [2.05, 4.69) is 0 Å². The van der Waals surface area contributed by atoms with Gasteiger partial charge in [0.25, 0.3) is 0 Å². The summed E-state index contributed by atoms with van der Waals surface area (Å²) in [5.74, 6) is 0.754. The molecule has 1 atom stereocenters. The monoisotopic (exact) mass is 386 g/mol. The maximum Gasteiger partial charge on any atom is 0.243 e. The van der Waals surface area contributed by atoms with Gasteiger partial charge in [-0.25, -0.2) is 8.42 Å². The summed E-state index contributed by atoms with van der Waals surface area (Å²) in [5.41, 5.74) is 2.69. The molecule has 2 aromatic rings. The molecule has 1 saturated heterocycles. The smallest absolute Gasteiger partial charge is 0.243 e. The molecular formula is C20H22N2O4S. The number of hydrogen-bond donors (Lipinski definition) is 0. The van der Waals surface area contributed by atoms with E-state index >= 15 is 0 Å². The predicted octanol–water partition coefficient (Wildman–Crippen LogP) is 2.74. The van der Waals surface area contributed by atoms with Crippen molar-refractivity contribution in [3.63, 3.8) is 0 Å². The third-order valence-electron chi connectivity index (χ3n) is 5.42. The molecule has 7 heteroatoms. The van der Waals surface area contributed by atoms with Gasteiger partial charge in [0.1, 0.15) is 5.75 Å². The number of hydrogen-bond acceptors (Lipinski definition) is 4. The molecule has 2 aromatic carbocycles. The molecular weight excluding hydrogens is 364 g/mol. The molecule has 0 aromatic heterocycles. The van der Waals surface area contributed by atoms with Crippen LogP contribution < -0.4 is 9.64 Å². The molecule has 142 valence electrons. The van der Waals surface area contributed by atoms with Crippen molar-refractivity contribution in [2.75, 3.05) is 25.1 Å². The molecule has 0 N–H and O–H groups in total. The lowest BCUT2D eigenvalue weighted by Crippen LogP contribution is -2.30. The van der Waals surface area contributed by atoms with Crippen LogP contribution in [0.4, 0.5) is 5.69 Å². The zero-order valence-corrected chi connectivity index (χ0v) is 16.0. The Kier molecular flexibility index (Phi) is 4.65. The maximum atomic E-state index is 13.3. The number of nitrogens with zero attached hydrogens (tertiary/aromatic N) is 2. The Morgan fingerprint density at radius 2 is 1.89 bits per heavy atom. The molecule has 1 amide bonds. The lowest BCUT2D eigenvalue weighted by molar-refractivity contribution is -0.107. The Balaban J connectivity index is 1.65. The largest absolute Gasteiger partial charge is 0.497 e. The first-order valence-corrected chi connectivity index (χ1v) is 10.5. The van der Waals surface area contributed by atoms with Crippen molar-refractivity contribution in [1.82, 2.24) is 4.31 Å². The Bertz CT molecular complexity index is 956. The molecule has 0 unspecified atom stereocenters. The molecule has 0 bridgehead atoms. The summed E-state index contributed by atoms with van der Waals surface area (Å²) in [5, 5.41) is 0. The molecule has 0 radical (unpaired) electrons. The summed E-state index contributed by atoms with van der Waals surface area (Å²) in [6, 6.07) is 12.5. The average molecular weight is 386 g/mol. The third kappa shape index (κ3) is 3.11. The van der Waals surface area contributed by atoms with Gasteiger partial charge in [0, 0.05) is 18.8 Å². The van der Waals surface area contributed by atoms with Crippen LogP contribution in [0.2, 0.25) is 0 Å². The first-order chi connectivity index (χ1) is 13.0. The molecule has 2 aliphatic heterocycles. The van der Waals surface area contributed by atoms with Crippen LogP contribution in [0.15, 0.2) is 47.4 Å². The van der Waals surface area contributed by atoms with E-state index in [-0.39, 0.29) is 6.04 Å². The van der Waals surface area contributed by atoms with Gasteiger partial charge >= 0.3 is 0 Å². The van der Waals surface area contributed by atoms with Gasteiger partial charge in [-0.2, -0.15) is 4.31 Å². The van der Waals surface area contributed by atoms with Crippen LogP contribution in [0.1, 0.15) is 30.0 Å². The lowest BCUT2D eigenvalue weighted by Gasteiger charge is -2.25. The third-order valence-corrected chi connectivity index (χ3v) is 7.32. The molecule has 0 saturated carbocycles. The second kappa shape index (κ2) is 6.98. The van der Waals surface area contributed by atoms with Gasteiger partial charge in [0.2, 0.25) is 16.4 Å². The highest BCUT2D eigenvalue weighted by molar-refractivity contribution is 7.89. The molecule has 0 spiro atoms. The maximum absolute atomic E-state index is 13.3. The van der Waals surface area contributed by atoms with E-state index in [4.69, 9.17) is 4.74 Å². The lowest BCUT2D eigenvalue weighted by atomic mass is 10.1. The first-order valence-electron chi connectivity index (χ1n) is 9.05. The number of fused-ring (bicyclic) bond motifs is 1. The van der Waals surface area contributed by atoms with Crippen molar-refractivity contribution in [2.45, 2.75) is 30.2 Å². The summed E-state index contributed by atoms with van der Waals surface area (Å²) in [6.45, 7) is 1.11. The van der Waals surface area contributed by atoms with E-state index < -0.39 is 10.0 Å². The topological polar surface area (TPSA) is 66.9 Å². The van der Waals surface area contributed by atoms with Crippen molar-refractivity contribution in [1.29, 1.82) is 0 Å². The van der Waals surface area contributed by atoms with E-state index in [9.17, 15) is 13.2 Å². The predicted molar refractivity (Wildman–Crippen MR) is 102 cm³/mol. The molecule has 6 nitrogen and oxygen atoms in total. The minimum Gasteiger partial charge on any atom is -0.497 e. The van der Waals surface area contributed by atoms with Gasteiger partial charge < -0.3 is 9.64 Å². The second-order valence-electron chi connectivity index (χ2n) is 6.89. The van der Waals surface area contributed by atoms with Gasteiger partial charge in [-0.1, -0.05) is 12.1 Å². The summed E-state index contributed by atoms with van der Waals surface area (Å²) in [6.07, 6.45) is 3.11. The zero-order valence-electron chi connectivity index (χ0n) is 15.2. The van der Waals surface area contributed by atoms with E-state index in [0.717, 1.165) is 41.8 Å². The van der Waals surface area contributed by atoms with Crippen LogP contribution in [0.5, 0.6) is 5.75 Å². The quantitative estimate of drug-likeness (QED) is 0.741. The summed E-state index contributed by atoms with van der Waals surface area (Å²) < 4.78 is 33.4. The average Bonchev–Trinajstić information content (AvgIpc) is 3.34. The molecule has 2 heterocycles. The Morgan fingerprint density at radius 1 is 1.11 bits per heavy atom. The van der Waals surface area contributed by atoms with Crippen molar-refractivity contribution < 1.29 is 17.9 Å². The molecule has 1 fully saturated rings. The highest BCUT2D eigenvalue weighted by Crippen LogP contribution is 2.38. The van der Waals surface area contributed by atoms with Gasteiger partial charge in [-0.3, -0.25) is 4.79 Å². The normalized spacial score (nSPS) is 19.9. The number of anilines is 1. The van der Waals surface area contributed by atoms with E-state index in [1.165, 1.54) is 0 Å². The van der Waals surface area contributed by atoms with Crippen LogP contribution >= 0.6 is 0 Å². The molecule has 27 heavy (non-hydrogen) atoms. The Labute approximate surface area is 159 Å². The summed E-state index contributed by atoms with van der Waals surface area (Å²) in [7, 11) is -1.99. The van der Waals surface area contributed by atoms with Crippen molar-refractivity contribution in [3.05, 3.63) is 53.6 Å². The fourth-order valence-corrected chi connectivity index (χ4v) is 5.73. The molecule has 2 aliphatic rings. The SMILES string of the molecule is COc1ccc([C@H]2CCCN2S(=O)(=O)c2ccc3c(c2)CCN3C=O)cc1. The number of rotatable bonds is 5. The van der Waals surface area contributed by atoms with Gasteiger partial charge in [-0.15, -0.1) is 0 Å². The van der Waals surface area contributed by atoms with Crippen molar-refractivity contribution >= 4 is 22.1 Å². The van der Waals surface area contributed by atoms with Crippen LogP contribution in [0, 0.1) is 0 Å². The van der Waals surface area contributed by atoms with Crippen LogP contribution in [0.3, 0.4) is 0 Å². The van der Waals surface area contributed by atoms with E-state index in [1.54, 1.807) is 34.5 Å². The number of carbonyl (C=O) groups is 1.